The topological polar surface area (TPSA) is 55.1 Å². The lowest BCUT2D eigenvalue weighted by molar-refractivity contribution is -0.120. The van der Waals surface area contributed by atoms with Gasteiger partial charge in [-0.15, -0.1) is 0 Å². The first-order valence-electron chi connectivity index (χ1n) is 5.43. The normalized spacial score (nSPS) is 14.2. The van der Waals surface area contributed by atoms with Crippen LogP contribution in [0, 0.1) is 0 Å². The average molecular weight is 275 g/mol. The van der Waals surface area contributed by atoms with E-state index in [0.717, 1.165) is 6.42 Å². The zero-order valence-corrected chi connectivity index (χ0v) is 11.4. The Hall–Kier alpha value is -0.770. The number of nitrogens with two attached hydrogens (primary N) is 1. The quantitative estimate of drug-likeness (QED) is 0.884. The molecule has 1 aromatic rings. The van der Waals surface area contributed by atoms with Gasteiger partial charge in [0.25, 0.3) is 0 Å². The lowest BCUT2D eigenvalue weighted by Crippen LogP contribution is -2.48. The van der Waals surface area contributed by atoms with Crippen molar-refractivity contribution in [2.24, 2.45) is 5.73 Å². The smallest absolute Gasteiger partial charge is 0.244 e. The largest absolute Gasteiger partial charge is 0.323 e. The van der Waals surface area contributed by atoms with E-state index >= 15 is 0 Å². The minimum atomic E-state index is -0.902. The number of hydrogen-bond acceptors (Lipinski definition) is 2. The van der Waals surface area contributed by atoms with Gasteiger partial charge in [0.05, 0.1) is 21.3 Å². The molecular weight excluding hydrogens is 259 g/mol. The molecule has 1 rings (SSSR count). The van der Waals surface area contributed by atoms with Crippen LogP contribution in [0.2, 0.25) is 10.0 Å². The molecule has 1 aromatic carbocycles. The Morgan fingerprint density at radius 3 is 2.71 bits per heavy atom. The van der Waals surface area contributed by atoms with E-state index in [4.69, 9.17) is 28.9 Å². The van der Waals surface area contributed by atoms with Gasteiger partial charge >= 0.3 is 0 Å². The Labute approximate surface area is 111 Å². The molecule has 1 unspecified atom stereocenters. The Bertz CT molecular complexity index is 419. The highest BCUT2D eigenvalue weighted by molar-refractivity contribution is 6.44. The molecule has 1 amide bonds. The molecule has 0 aliphatic rings. The summed E-state index contributed by atoms with van der Waals surface area (Å²) in [5, 5.41) is 3.43. The minimum absolute atomic E-state index is 0.261. The van der Waals surface area contributed by atoms with Gasteiger partial charge in [-0.05, 0) is 25.5 Å². The van der Waals surface area contributed by atoms with Gasteiger partial charge in [0.2, 0.25) is 5.91 Å². The lowest BCUT2D eigenvalue weighted by Gasteiger charge is -2.23. The maximum atomic E-state index is 11.9. The number of rotatable bonds is 4. The number of benzene rings is 1. The van der Waals surface area contributed by atoms with Crippen LogP contribution in [0.5, 0.6) is 0 Å². The van der Waals surface area contributed by atoms with Crippen molar-refractivity contribution in [1.29, 1.82) is 0 Å². The molecule has 0 saturated heterocycles. The molecule has 0 aromatic heterocycles. The van der Waals surface area contributed by atoms with E-state index in [9.17, 15) is 4.79 Å². The van der Waals surface area contributed by atoms with Crippen molar-refractivity contribution in [3.8, 4) is 0 Å². The summed E-state index contributed by atoms with van der Waals surface area (Å²) < 4.78 is 0. The van der Waals surface area contributed by atoms with Crippen molar-refractivity contribution >= 4 is 34.8 Å². The summed E-state index contributed by atoms with van der Waals surface area (Å²) in [4.78, 5) is 11.9. The van der Waals surface area contributed by atoms with E-state index in [1.807, 2.05) is 6.92 Å². The molecule has 0 aliphatic heterocycles. The van der Waals surface area contributed by atoms with E-state index in [1.54, 1.807) is 25.1 Å². The average Bonchev–Trinajstić information content (AvgIpc) is 2.24. The van der Waals surface area contributed by atoms with Crippen molar-refractivity contribution in [2.75, 3.05) is 5.32 Å². The van der Waals surface area contributed by atoms with E-state index in [1.165, 1.54) is 0 Å². The zero-order chi connectivity index (χ0) is 13.1. The molecule has 0 heterocycles. The number of amides is 1. The maximum absolute atomic E-state index is 11.9. The second kappa shape index (κ2) is 5.71. The molecule has 0 bridgehead atoms. The third-order valence-electron chi connectivity index (χ3n) is 2.49. The molecule has 0 fully saturated rings. The van der Waals surface area contributed by atoms with E-state index in [2.05, 4.69) is 5.32 Å². The van der Waals surface area contributed by atoms with Crippen molar-refractivity contribution in [2.45, 2.75) is 32.2 Å². The third kappa shape index (κ3) is 3.60. The number of carbonyl (C=O) groups is 1. The number of halogens is 2. The second-order valence-corrected chi connectivity index (χ2v) is 5.01. The molecule has 0 saturated carbocycles. The van der Waals surface area contributed by atoms with Crippen molar-refractivity contribution < 1.29 is 4.79 Å². The molecule has 3 nitrogen and oxygen atoms in total. The van der Waals surface area contributed by atoms with E-state index in [-0.39, 0.29) is 5.91 Å². The van der Waals surface area contributed by atoms with Crippen LogP contribution in [-0.4, -0.2) is 11.4 Å². The number of carbonyl (C=O) groups excluding carboxylic acids is 1. The van der Waals surface area contributed by atoms with Crippen molar-refractivity contribution in [3.63, 3.8) is 0 Å². The van der Waals surface area contributed by atoms with Crippen LogP contribution in [0.25, 0.3) is 0 Å². The molecule has 3 N–H and O–H groups in total. The van der Waals surface area contributed by atoms with Gasteiger partial charge in [-0.3, -0.25) is 4.79 Å². The fourth-order valence-electron chi connectivity index (χ4n) is 1.50. The molecule has 5 heteroatoms. The predicted octanol–water partition coefficient (Wildman–Crippen LogP) is 3.45. The SMILES string of the molecule is CCCC(C)(N)C(=O)Nc1cccc(Cl)c1Cl. The third-order valence-corrected chi connectivity index (χ3v) is 3.31. The van der Waals surface area contributed by atoms with Gasteiger partial charge in [0.1, 0.15) is 0 Å². The Balaban J connectivity index is 2.85. The maximum Gasteiger partial charge on any atom is 0.244 e. The predicted molar refractivity (Wildman–Crippen MR) is 72.6 cm³/mol. The number of nitrogens with one attached hydrogen (secondary N) is 1. The van der Waals surface area contributed by atoms with Gasteiger partial charge < -0.3 is 11.1 Å². The van der Waals surface area contributed by atoms with Crippen molar-refractivity contribution in [3.05, 3.63) is 28.2 Å². The van der Waals surface area contributed by atoms with Gasteiger partial charge in [-0.1, -0.05) is 42.6 Å². The summed E-state index contributed by atoms with van der Waals surface area (Å²) in [7, 11) is 0. The second-order valence-electron chi connectivity index (χ2n) is 4.22. The Morgan fingerprint density at radius 2 is 2.12 bits per heavy atom. The molecule has 17 heavy (non-hydrogen) atoms. The minimum Gasteiger partial charge on any atom is -0.323 e. The van der Waals surface area contributed by atoms with Crippen LogP contribution in [0.4, 0.5) is 5.69 Å². The van der Waals surface area contributed by atoms with Gasteiger partial charge in [0.15, 0.2) is 0 Å². The Morgan fingerprint density at radius 1 is 1.47 bits per heavy atom. The van der Waals surface area contributed by atoms with Gasteiger partial charge in [-0.25, -0.2) is 0 Å². The van der Waals surface area contributed by atoms with Crippen LogP contribution in [-0.2, 0) is 4.79 Å². The molecule has 0 spiro atoms. The summed E-state index contributed by atoms with van der Waals surface area (Å²) in [5.74, 6) is -0.261. The number of hydrogen-bond donors (Lipinski definition) is 2. The van der Waals surface area contributed by atoms with E-state index < -0.39 is 5.54 Å². The highest BCUT2D eigenvalue weighted by atomic mass is 35.5. The zero-order valence-electron chi connectivity index (χ0n) is 9.89. The van der Waals surface area contributed by atoms with Crippen LogP contribution >= 0.6 is 23.2 Å². The van der Waals surface area contributed by atoms with Crippen molar-refractivity contribution in [1.82, 2.24) is 0 Å². The molecular formula is C12H16Cl2N2O. The lowest BCUT2D eigenvalue weighted by atomic mass is 9.96. The fourth-order valence-corrected chi connectivity index (χ4v) is 1.85. The summed E-state index contributed by atoms with van der Waals surface area (Å²) in [5.41, 5.74) is 5.50. The van der Waals surface area contributed by atoms with Crippen LogP contribution in [0.15, 0.2) is 18.2 Å². The standard InChI is InChI=1S/C12H16Cl2N2O/c1-3-7-12(2,15)11(17)16-9-6-4-5-8(13)10(9)14/h4-6H,3,7,15H2,1-2H3,(H,16,17). The van der Waals surface area contributed by atoms with E-state index in [0.29, 0.717) is 22.2 Å². The molecule has 0 aliphatic carbocycles. The summed E-state index contributed by atoms with van der Waals surface area (Å²) in [6, 6.07) is 5.07. The summed E-state index contributed by atoms with van der Waals surface area (Å²) in [6.45, 7) is 3.68. The van der Waals surface area contributed by atoms with Gasteiger partial charge in [-0.2, -0.15) is 0 Å². The monoisotopic (exact) mass is 274 g/mol. The van der Waals surface area contributed by atoms with Crippen LogP contribution in [0.1, 0.15) is 26.7 Å². The number of anilines is 1. The molecule has 94 valence electrons. The first kappa shape index (κ1) is 14.3. The molecule has 1 atom stereocenters. The molecule has 0 radical (unpaired) electrons. The van der Waals surface area contributed by atoms with Gasteiger partial charge in [0, 0.05) is 0 Å². The van der Waals surface area contributed by atoms with Crippen LogP contribution < -0.4 is 11.1 Å². The van der Waals surface area contributed by atoms with Crippen LogP contribution in [0.3, 0.4) is 0 Å². The first-order valence-corrected chi connectivity index (χ1v) is 6.18. The highest BCUT2D eigenvalue weighted by Gasteiger charge is 2.27. The first-order chi connectivity index (χ1) is 7.88. The fraction of sp³-hybridized carbons (Fsp3) is 0.417. The summed E-state index contributed by atoms with van der Waals surface area (Å²) >= 11 is 11.8. The summed E-state index contributed by atoms with van der Waals surface area (Å²) in [6.07, 6.45) is 1.45. The highest BCUT2D eigenvalue weighted by Crippen LogP contribution is 2.30. The Kier molecular flexibility index (Phi) is 4.80.